The van der Waals surface area contributed by atoms with Gasteiger partial charge in [0.15, 0.2) is 0 Å². The van der Waals surface area contributed by atoms with E-state index in [0.29, 0.717) is 10.7 Å². The van der Waals surface area contributed by atoms with Crippen LogP contribution >= 0.6 is 11.6 Å². The van der Waals surface area contributed by atoms with Crippen LogP contribution in [0.4, 0.5) is 5.69 Å². The molecule has 0 saturated carbocycles. The Bertz CT molecular complexity index is 601. The topological polar surface area (TPSA) is 70.7 Å². The molecular weight excluding hydrogens is 326 g/mol. The van der Waals surface area contributed by atoms with E-state index < -0.39 is 10.2 Å². The minimum absolute atomic E-state index is 0.173. The summed E-state index contributed by atoms with van der Waals surface area (Å²) in [5, 5.41) is 0.552. The van der Waals surface area contributed by atoms with Crippen LogP contribution in [-0.4, -0.2) is 45.7 Å². The highest BCUT2D eigenvalue weighted by atomic mass is 35.5. The molecule has 2 rings (SSSR count). The molecule has 2 N–H and O–H groups in total. The zero-order valence-corrected chi connectivity index (χ0v) is 14.4. The lowest BCUT2D eigenvalue weighted by atomic mass is 10.2. The van der Waals surface area contributed by atoms with Gasteiger partial charge in [-0.2, -0.15) is 13.1 Å². The summed E-state index contributed by atoms with van der Waals surface area (Å²) in [4.78, 5) is 2.26. The van der Waals surface area contributed by atoms with Gasteiger partial charge in [0.05, 0.1) is 18.9 Å². The second kappa shape index (κ2) is 7.61. The van der Waals surface area contributed by atoms with Gasteiger partial charge >= 0.3 is 0 Å². The van der Waals surface area contributed by atoms with Crippen LogP contribution in [0.3, 0.4) is 0 Å². The van der Waals surface area contributed by atoms with Crippen molar-refractivity contribution in [3.63, 3.8) is 0 Å². The second-order valence-corrected chi connectivity index (χ2v) is 7.43. The van der Waals surface area contributed by atoms with E-state index in [4.69, 9.17) is 16.3 Å². The van der Waals surface area contributed by atoms with Crippen LogP contribution in [-0.2, 0) is 21.5 Å². The first kappa shape index (κ1) is 17.5. The number of halogens is 1. The van der Waals surface area contributed by atoms with Crippen molar-refractivity contribution in [3.8, 4) is 0 Å². The SMILES string of the molecule is CC(C)NS(=O)(=O)Nc1ccc(CN2CCOCC2)c(Cl)c1. The predicted octanol–water partition coefficient (Wildman–Crippen LogP) is 1.83. The average Bonchev–Trinajstić information content (AvgIpc) is 2.41. The number of morpholine rings is 1. The molecule has 1 aliphatic heterocycles. The summed E-state index contributed by atoms with van der Waals surface area (Å²) in [6, 6.07) is 5.04. The Morgan fingerprint density at radius 1 is 1.32 bits per heavy atom. The highest BCUT2D eigenvalue weighted by Crippen LogP contribution is 2.23. The Morgan fingerprint density at radius 3 is 2.59 bits per heavy atom. The number of nitrogens with zero attached hydrogens (tertiary/aromatic N) is 1. The molecule has 1 saturated heterocycles. The van der Waals surface area contributed by atoms with Crippen molar-refractivity contribution < 1.29 is 13.2 Å². The van der Waals surface area contributed by atoms with Crippen LogP contribution in [0.15, 0.2) is 18.2 Å². The molecule has 0 bridgehead atoms. The lowest BCUT2D eigenvalue weighted by Gasteiger charge is -2.27. The molecule has 0 radical (unpaired) electrons. The number of nitrogens with one attached hydrogen (secondary N) is 2. The normalized spacial score (nSPS) is 16.9. The van der Waals surface area contributed by atoms with Gasteiger partial charge < -0.3 is 4.74 Å². The van der Waals surface area contributed by atoms with Gasteiger partial charge in [0.1, 0.15) is 0 Å². The maximum absolute atomic E-state index is 11.8. The van der Waals surface area contributed by atoms with E-state index in [-0.39, 0.29) is 6.04 Å². The summed E-state index contributed by atoms with van der Waals surface area (Å²) in [7, 11) is -3.58. The van der Waals surface area contributed by atoms with Crippen LogP contribution < -0.4 is 9.44 Å². The van der Waals surface area contributed by atoms with Gasteiger partial charge in [-0.3, -0.25) is 9.62 Å². The molecule has 8 heteroatoms. The molecule has 1 fully saturated rings. The molecule has 1 aromatic carbocycles. The van der Waals surface area contributed by atoms with Crippen molar-refractivity contribution in [1.82, 2.24) is 9.62 Å². The highest BCUT2D eigenvalue weighted by Gasteiger charge is 2.15. The summed E-state index contributed by atoms with van der Waals surface area (Å²) in [5.74, 6) is 0. The van der Waals surface area contributed by atoms with Gasteiger partial charge in [0.25, 0.3) is 10.2 Å². The van der Waals surface area contributed by atoms with Gasteiger partial charge in [-0.05, 0) is 31.5 Å². The molecule has 6 nitrogen and oxygen atoms in total. The fourth-order valence-corrected chi connectivity index (χ4v) is 3.59. The van der Waals surface area contributed by atoms with Gasteiger partial charge in [0, 0.05) is 30.7 Å². The van der Waals surface area contributed by atoms with Crippen LogP contribution in [0.25, 0.3) is 0 Å². The van der Waals surface area contributed by atoms with E-state index in [9.17, 15) is 8.42 Å². The number of benzene rings is 1. The molecule has 0 unspecified atom stereocenters. The van der Waals surface area contributed by atoms with Gasteiger partial charge in [-0.1, -0.05) is 17.7 Å². The molecule has 0 amide bonds. The van der Waals surface area contributed by atoms with Crippen LogP contribution in [0.5, 0.6) is 0 Å². The fraction of sp³-hybridized carbons (Fsp3) is 0.571. The Kier molecular flexibility index (Phi) is 6.05. The van der Waals surface area contributed by atoms with Crippen molar-refractivity contribution in [1.29, 1.82) is 0 Å². The van der Waals surface area contributed by atoms with Crippen LogP contribution in [0.1, 0.15) is 19.4 Å². The molecular formula is C14H22ClN3O3S. The van der Waals surface area contributed by atoms with Crippen LogP contribution in [0, 0.1) is 0 Å². The molecule has 0 atom stereocenters. The summed E-state index contributed by atoms with van der Waals surface area (Å²) < 4.78 is 33.9. The quantitative estimate of drug-likeness (QED) is 0.823. The van der Waals surface area contributed by atoms with Gasteiger partial charge in [0.2, 0.25) is 0 Å². The molecule has 1 aliphatic rings. The largest absolute Gasteiger partial charge is 0.379 e. The Balaban J connectivity index is 2.02. The molecule has 1 aromatic rings. The van der Waals surface area contributed by atoms with Crippen molar-refractivity contribution in [2.75, 3.05) is 31.0 Å². The third kappa shape index (κ3) is 5.40. The van der Waals surface area contributed by atoms with Gasteiger partial charge in [-0.25, -0.2) is 0 Å². The number of hydrogen-bond donors (Lipinski definition) is 2. The number of rotatable bonds is 6. The third-order valence-electron chi connectivity index (χ3n) is 3.19. The van der Waals surface area contributed by atoms with E-state index in [0.717, 1.165) is 38.4 Å². The van der Waals surface area contributed by atoms with Gasteiger partial charge in [-0.15, -0.1) is 0 Å². The van der Waals surface area contributed by atoms with Crippen LogP contribution in [0.2, 0.25) is 5.02 Å². The van der Waals surface area contributed by atoms with Crippen molar-refractivity contribution >= 4 is 27.5 Å². The molecule has 124 valence electrons. The van der Waals surface area contributed by atoms with E-state index in [1.54, 1.807) is 26.0 Å². The molecule has 0 aromatic heterocycles. The maximum Gasteiger partial charge on any atom is 0.299 e. The number of hydrogen-bond acceptors (Lipinski definition) is 4. The molecule has 0 spiro atoms. The van der Waals surface area contributed by atoms with E-state index in [2.05, 4.69) is 14.3 Å². The predicted molar refractivity (Wildman–Crippen MR) is 88.4 cm³/mol. The fourth-order valence-electron chi connectivity index (χ4n) is 2.23. The first-order chi connectivity index (χ1) is 10.4. The molecule has 1 heterocycles. The van der Waals surface area contributed by atoms with Crippen molar-refractivity contribution in [3.05, 3.63) is 28.8 Å². The maximum atomic E-state index is 11.8. The summed E-state index contributed by atoms with van der Waals surface area (Å²) >= 11 is 6.27. The minimum Gasteiger partial charge on any atom is -0.379 e. The number of ether oxygens (including phenoxy) is 1. The first-order valence-electron chi connectivity index (χ1n) is 7.24. The first-order valence-corrected chi connectivity index (χ1v) is 9.10. The summed E-state index contributed by atoms with van der Waals surface area (Å²) in [6.45, 7) is 7.48. The lowest BCUT2D eigenvalue weighted by Crippen LogP contribution is -2.36. The molecule has 22 heavy (non-hydrogen) atoms. The zero-order valence-electron chi connectivity index (χ0n) is 12.8. The summed E-state index contributed by atoms with van der Waals surface area (Å²) in [5.41, 5.74) is 1.42. The average molecular weight is 348 g/mol. The Labute approximate surface area is 137 Å². The minimum atomic E-state index is -3.58. The Morgan fingerprint density at radius 2 is 2.00 bits per heavy atom. The van der Waals surface area contributed by atoms with Crippen molar-refractivity contribution in [2.45, 2.75) is 26.4 Å². The van der Waals surface area contributed by atoms with E-state index in [1.807, 2.05) is 6.07 Å². The molecule has 0 aliphatic carbocycles. The second-order valence-electron chi connectivity index (χ2n) is 5.57. The highest BCUT2D eigenvalue weighted by molar-refractivity contribution is 7.90. The standard InChI is InChI=1S/C14H22ClN3O3S/c1-11(2)16-22(19,20)17-13-4-3-12(14(15)9-13)10-18-5-7-21-8-6-18/h3-4,9,11,16-17H,5-8,10H2,1-2H3. The monoisotopic (exact) mass is 347 g/mol. The third-order valence-corrected chi connectivity index (χ3v) is 4.83. The summed E-state index contributed by atoms with van der Waals surface area (Å²) in [6.07, 6.45) is 0. The zero-order chi connectivity index (χ0) is 16.2. The Hall–Kier alpha value is -0.860. The van der Waals surface area contributed by atoms with E-state index in [1.165, 1.54) is 0 Å². The van der Waals surface area contributed by atoms with E-state index >= 15 is 0 Å². The number of anilines is 1. The smallest absolute Gasteiger partial charge is 0.299 e. The van der Waals surface area contributed by atoms with Crippen molar-refractivity contribution in [2.24, 2.45) is 0 Å². The lowest BCUT2D eigenvalue weighted by molar-refractivity contribution is 0.0342.